The quantitative estimate of drug-likeness (QED) is 0.581. The van der Waals surface area contributed by atoms with Crippen molar-refractivity contribution in [1.29, 1.82) is 0 Å². The third-order valence-corrected chi connectivity index (χ3v) is 1.07. The van der Waals surface area contributed by atoms with Gasteiger partial charge in [0.15, 0.2) is 0 Å². The lowest BCUT2D eigenvalue weighted by Gasteiger charge is -2.15. The second-order valence-electron chi connectivity index (χ2n) is 2.35. The van der Waals surface area contributed by atoms with Gasteiger partial charge in [-0.25, -0.2) is 0 Å². The van der Waals surface area contributed by atoms with Crippen LogP contribution in [0.4, 0.5) is 22.0 Å². The van der Waals surface area contributed by atoms with Crippen LogP contribution in [0.25, 0.3) is 0 Å². The molecule has 0 N–H and O–H groups in total. The molecule has 0 saturated carbocycles. The minimum Gasteiger partial charge on any atom is -0.419 e. The molecule has 0 aromatic rings. The predicted octanol–water partition coefficient (Wildman–Crippen LogP) is 3.18. The average molecular weight is 218 g/mol. The van der Waals surface area contributed by atoms with Crippen molar-refractivity contribution in [3.63, 3.8) is 0 Å². The van der Waals surface area contributed by atoms with Gasteiger partial charge < -0.3 is 9.47 Å². The highest BCUT2D eigenvalue weighted by Gasteiger charge is 2.62. The summed E-state index contributed by atoms with van der Waals surface area (Å²) in [6, 6.07) is 0. The molecular weight excluding hydrogens is 211 g/mol. The Morgan fingerprint density at radius 3 is 1.64 bits per heavy atom. The van der Waals surface area contributed by atoms with E-state index in [0.29, 0.717) is 6.92 Å². The summed E-state index contributed by atoms with van der Waals surface area (Å²) in [5.41, 5.74) is 0. The van der Waals surface area contributed by atoms with E-state index >= 15 is 0 Å². The highest BCUT2D eigenvalue weighted by atomic mass is 19.3. The van der Waals surface area contributed by atoms with Crippen molar-refractivity contribution in [2.75, 3.05) is 0 Å². The number of halogens is 5. The van der Waals surface area contributed by atoms with Crippen molar-refractivity contribution in [3.8, 4) is 0 Å². The molecule has 0 bridgehead atoms. The number of hydrogen-bond acceptors (Lipinski definition) is 2. The van der Waals surface area contributed by atoms with Gasteiger partial charge in [0.25, 0.3) is 12.0 Å². The molecule has 1 saturated heterocycles. The van der Waals surface area contributed by atoms with Gasteiger partial charge in [-0.15, -0.1) is 0 Å². The molecule has 0 aromatic carbocycles. The first-order chi connectivity index (χ1) is 6.08. The molecule has 82 valence electrons. The first-order valence-electron chi connectivity index (χ1n) is 3.22. The van der Waals surface area contributed by atoms with E-state index in [-0.39, 0.29) is 0 Å². The molecule has 1 aliphatic heterocycles. The number of rotatable bonds is 0. The van der Waals surface area contributed by atoms with Crippen LogP contribution in [-0.2, 0) is 9.47 Å². The van der Waals surface area contributed by atoms with Crippen molar-refractivity contribution in [3.05, 3.63) is 25.2 Å². The molecule has 1 fully saturated rings. The lowest BCUT2D eigenvalue weighted by Crippen LogP contribution is -2.37. The van der Waals surface area contributed by atoms with Crippen LogP contribution in [0.2, 0.25) is 0 Å². The second-order valence-corrected chi connectivity index (χ2v) is 2.35. The molecule has 1 unspecified atom stereocenters. The van der Waals surface area contributed by atoms with Gasteiger partial charge in [-0.05, 0) is 13.2 Å². The topological polar surface area (TPSA) is 18.5 Å². The smallest absolute Gasteiger partial charge is 0.419 e. The van der Waals surface area contributed by atoms with Gasteiger partial charge in [0.2, 0.25) is 0 Å². The van der Waals surface area contributed by atoms with Crippen molar-refractivity contribution in [2.24, 2.45) is 0 Å². The fraction of sp³-hybridized carbons (Fsp3) is 0.429. The van der Waals surface area contributed by atoms with Crippen LogP contribution in [0.5, 0.6) is 0 Å². The van der Waals surface area contributed by atoms with Gasteiger partial charge in [0.05, 0.1) is 0 Å². The number of alkyl halides is 3. The minimum atomic E-state index is -3.93. The molecule has 0 spiro atoms. The average Bonchev–Trinajstić information content (AvgIpc) is 1.96. The van der Waals surface area contributed by atoms with Crippen molar-refractivity contribution < 1.29 is 31.4 Å². The first-order valence-corrected chi connectivity index (χ1v) is 3.22. The lowest BCUT2D eigenvalue weighted by molar-refractivity contribution is -0.280. The van der Waals surface area contributed by atoms with Gasteiger partial charge in [-0.2, -0.15) is 22.0 Å². The second kappa shape index (κ2) is 3.85. The van der Waals surface area contributed by atoms with E-state index in [1.165, 1.54) is 0 Å². The van der Waals surface area contributed by atoms with Crippen LogP contribution in [0.1, 0.15) is 6.92 Å². The van der Waals surface area contributed by atoms with Crippen LogP contribution in [-0.4, -0.2) is 12.0 Å². The summed E-state index contributed by atoms with van der Waals surface area (Å²) < 4.78 is 64.7. The van der Waals surface area contributed by atoms with Crippen molar-refractivity contribution in [1.82, 2.24) is 0 Å². The highest BCUT2D eigenvalue weighted by Crippen LogP contribution is 2.43. The maximum Gasteiger partial charge on any atom is 0.473 e. The highest BCUT2D eigenvalue weighted by molar-refractivity contribution is 4.89. The predicted molar refractivity (Wildman–Crippen MR) is 37.1 cm³/mol. The summed E-state index contributed by atoms with van der Waals surface area (Å²) in [4.78, 5) is 0. The molecule has 14 heavy (non-hydrogen) atoms. The maximum absolute atomic E-state index is 12.5. The number of hydrogen-bond donors (Lipinski definition) is 0. The van der Waals surface area contributed by atoms with Crippen molar-refractivity contribution >= 4 is 0 Å². The molecule has 0 radical (unpaired) electrons. The summed E-state index contributed by atoms with van der Waals surface area (Å²) in [6.07, 6.45) is -5.76. The SMILES string of the molecule is C=C(F)F.C=C1OC(C)(F)C(F)(F)O1. The summed E-state index contributed by atoms with van der Waals surface area (Å²) in [7, 11) is 0. The molecule has 0 aliphatic carbocycles. The molecule has 1 atom stereocenters. The summed E-state index contributed by atoms with van der Waals surface area (Å²) in [6.45, 7) is 5.68. The Labute approximate surface area is 76.6 Å². The fourth-order valence-corrected chi connectivity index (χ4v) is 0.528. The molecule has 0 aromatic heterocycles. The Morgan fingerprint density at radius 2 is 1.57 bits per heavy atom. The minimum absolute atomic E-state index is 0.575. The van der Waals surface area contributed by atoms with Gasteiger partial charge >= 0.3 is 12.0 Å². The molecule has 1 heterocycles. The van der Waals surface area contributed by atoms with E-state index in [1.54, 1.807) is 0 Å². The van der Waals surface area contributed by atoms with E-state index in [1.807, 2.05) is 0 Å². The van der Waals surface area contributed by atoms with E-state index in [0.717, 1.165) is 0 Å². The molecule has 1 rings (SSSR count). The summed E-state index contributed by atoms with van der Waals surface area (Å²) in [5.74, 6) is -3.79. The van der Waals surface area contributed by atoms with Crippen LogP contribution < -0.4 is 0 Å². The molecule has 2 nitrogen and oxygen atoms in total. The third-order valence-electron chi connectivity index (χ3n) is 1.07. The Morgan fingerprint density at radius 1 is 1.21 bits per heavy atom. The van der Waals surface area contributed by atoms with Gasteiger partial charge in [0.1, 0.15) is 0 Å². The van der Waals surface area contributed by atoms with Gasteiger partial charge in [0, 0.05) is 6.92 Å². The fourth-order valence-electron chi connectivity index (χ4n) is 0.528. The van der Waals surface area contributed by atoms with E-state index in [4.69, 9.17) is 0 Å². The third kappa shape index (κ3) is 3.23. The van der Waals surface area contributed by atoms with Crippen LogP contribution in [0.15, 0.2) is 25.2 Å². The zero-order chi connectivity index (χ0) is 11.6. The van der Waals surface area contributed by atoms with Gasteiger partial charge in [-0.1, -0.05) is 0 Å². The maximum atomic E-state index is 12.5. The zero-order valence-electron chi connectivity index (χ0n) is 7.12. The summed E-state index contributed by atoms with van der Waals surface area (Å²) >= 11 is 0. The monoisotopic (exact) mass is 218 g/mol. The summed E-state index contributed by atoms with van der Waals surface area (Å²) in [5, 5.41) is 0. The first kappa shape index (κ1) is 12.7. The molecule has 1 aliphatic rings. The van der Waals surface area contributed by atoms with Crippen molar-refractivity contribution in [2.45, 2.75) is 18.9 Å². The molecular formula is C7H7F5O2. The van der Waals surface area contributed by atoms with E-state index in [2.05, 4.69) is 22.6 Å². The van der Waals surface area contributed by atoms with Crippen LogP contribution >= 0.6 is 0 Å². The Kier molecular flexibility index (Phi) is 3.50. The Hall–Kier alpha value is -1.27. The largest absolute Gasteiger partial charge is 0.473 e. The standard InChI is InChI=1S/C5H5F3O2.C2H2F2/c1-3-9-4(2,6)5(7,8)10-3;1-2(3)4/h1H2,2H3;1H2. The molecule has 7 heteroatoms. The van der Waals surface area contributed by atoms with Gasteiger partial charge in [-0.3, -0.25) is 0 Å². The normalized spacial score (nSPS) is 28.3. The Bertz CT molecular complexity index is 226. The lowest BCUT2D eigenvalue weighted by atomic mass is 10.3. The van der Waals surface area contributed by atoms with Crippen LogP contribution in [0, 0.1) is 0 Å². The van der Waals surface area contributed by atoms with E-state index < -0.39 is 24.0 Å². The van der Waals surface area contributed by atoms with E-state index in [9.17, 15) is 22.0 Å². The Balaban J connectivity index is 0.000000364. The van der Waals surface area contributed by atoms with Crippen LogP contribution in [0.3, 0.4) is 0 Å². The molecule has 0 amide bonds. The number of ether oxygens (including phenoxy) is 2. The zero-order valence-corrected chi connectivity index (χ0v) is 7.12.